The Labute approximate surface area is 107 Å². The van der Waals surface area contributed by atoms with E-state index in [1.807, 2.05) is 6.07 Å². The molecule has 0 aliphatic heterocycles. The zero-order valence-electron chi connectivity index (χ0n) is 8.63. The summed E-state index contributed by atoms with van der Waals surface area (Å²) in [5, 5.41) is 3.83. The lowest BCUT2D eigenvalue weighted by Gasteiger charge is -1.97. The normalized spacial score (nSPS) is 10.6. The van der Waals surface area contributed by atoms with E-state index in [-0.39, 0.29) is 5.91 Å². The Kier molecular flexibility index (Phi) is 3.85. The molecule has 0 aromatic carbocycles. The van der Waals surface area contributed by atoms with Crippen molar-refractivity contribution in [2.45, 2.75) is 0 Å². The van der Waals surface area contributed by atoms with Gasteiger partial charge in [0.15, 0.2) is 0 Å². The first-order valence-corrected chi connectivity index (χ1v) is 5.94. The van der Waals surface area contributed by atoms with E-state index in [9.17, 15) is 4.79 Å². The predicted molar refractivity (Wildman–Crippen MR) is 68.6 cm³/mol. The van der Waals surface area contributed by atoms with E-state index >= 15 is 0 Å². The molecule has 0 bridgehead atoms. The van der Waals surface area contributed by atoms with Crippen molar-refractivity contribution in [3.05, 3.63) is 51.4 Å². The van der Waals surface area contributed by atoms with Crippen LogP contribution in [0.1, 0.15) is 15.2 Å². The Morgan fingerprint density at radius 3 is 3.00 bits per heavy atom. The van der Waals surface area contributed by atoms with Gasteiger partial charge in [0.2, 0.25) is 0 Å². The highest BCUT2D eigenvalue weighted by atomic mass is 35.5. The molecule has 86 valence electrons. The second-order valence-electron chi connectivity index (χ2n) is 3.08. The molecule has 0 saturated carbocycles. The number of hydrogen-bond donors (Lipinski definition) is 1. The first kappa shape index (κ1) is 11.8. The zero-order valence-corrected chi connectivity index (χ0v) is 10.2. The Morgan fingerprint density at radius 2 is 2.35 bits per heavy atom. The maximum Gasteiger partial charge on any atom is 0.272 e. The smallest absolute Gasteiger partial charge is 0.267 e. The predicted octanol–water partition coefficient (Wildman–Crippen LogP) is 2.56. The van der Waals surface area contributed by atoms with E-state index in [0.29, 0.717) is 9.90 Å². The Hall–Kier alpha value is -1.72. The second-order valence-corrected chi connectivity index (χ2v) is 4.83. The number of nitrogens with one attached hydrogen (secondary N) is 1. The Morgan fingerprint density at radius 1 is 1.47 bits per heavy atom. The van der Waals surface area contributed by atoms with E-state index in [1.54, 1.807) is 30.6 Å². The second kappa shape index (κ2) is 5.56. The van der Waals surface area contributed by atoms with Gasteiger partial charge in [-0.1, -0.05) is 11.6 Å². The highest BCUT2D eigenvalue weighted by Gasteiger charge is 2.02. The molecule has 0 radical (unpaired) electrons. The Balaban J connectivity index is 1.95. The molecule has 0 spiro atoms. The van der Waals surface area contributed by atoms with Gasteiger partial charge in [-0.15, -0.1) is 11.3 Å². The van der Waals surface area contributed by atoms with Crippen LogP contribution < -0.4 is 5.43 Å². The fourth-order valence-electron chi connectivity index (χ4n) is 1.11. The largest absolute Gasteiger partial charge is 0.272 e. The minimum atomic E-state index is -0.294. The fourth-order valence-corrected chi connectivity index (χ4v) is 2.05. The summed E-state index contributed by atoms with van der Waals surface area (Å²) in [6, 6.07) is 6.96. The molecule has 2 rings (SSSR count). The number of halogens is 1. The van der Waals surface area contributed by atoms with Gasteiger partial charge in [-0.2, -0.15) is 5.10 Å². The summed E-state index contributed by atoms with van der Waals surface area (Å²) >= 11 is 7.15. The molecule has 2 heterocycles. The zero-order chi connectivity index (χ0) is 12.1. The molecule has 0 unspecified atom stereocenters. The van der Waals surface area contributed by atoms with Crippen molar-refractivity contribution in [3.8, 4) is 0 Å². The van der Waals surface area contributed by atoms with Crippen molar-refractivity contribution < 1.29 is 4.79 Å². The number of rotatable bonds is 3. The van der Waals surface area contributed by atoms with Crippen molar-refractivity contribution >= 4 is 35.1 Å². The van der Waals surface area contributed by atoms with Gasteiger partial charge in [0.1, 0.15) is 0 Å². The molecule has 6 heteroatoms. The molecule has 0 aliphatic rings. The maximum absolute atomic E-state index is 11.6. The van der Waals surface area contributed by atoms with Crippen molar-refractivity contribution in [1.29, 1.82) is 0 Å². The van der Waals surface area contributed by atoms with Crippen LogP contribution in [0.5, 0.6) is 0 Å². The molecule has 1 amide bonds. The minimum Gasteiger partial charge on any atom is -0.267 e. The number of hydrogen-bond acceptors (Lipinski definition) is 4. The van der Waals surface area contributed by atoms with E-state index in [0.717, 1.165) is 4.88 Å². The summed E-state index contributed by atoms with van der Waals surface area (Å²) in [6.07, 6.45) is 4.63. The van der Waals surface area contributed by atoms with Crippen LogP contribution in [0.2, 0.25) is 4.34 Å². The van der Waals surface area contributed by atoms with Crippen LogP contribution in [-0.4, -0.2) is 17.1 Å². The number of thiophene rings is 1. The molecule has 0 aliphatic carbocycles. The maximum atomic E-state index is 11.6. The number of pyridine rings is 1. The lowest BCUT2D eigenvalue weighted by Crippen LogP contribution is -2.17. The molecule has 2 aromatic heterocycles. The van der Waals surface area contributed by atoms with Crippen molar-refractivity contribution in [2.24, 2.45) is 5.10 Å². The molecular weight excluding hydrogens is 258 g/mol. The van der Waals surface area contributed by atoms with E-state index in [2.05, 4.69) is 15.5 Å². The highest BCUT2D eigenvalue weighted by Crippen LogP contribution is 2.19. The van der Waals surface area contributed by atoms with E-state index < -0.39 is 0 Å². The first-order chi connectivity index (χ1) is 8.25. The Bertz CT molecular complexity index is 539. The molecule has 2 aromatic rings. The van der Waals surface area contributed by atoms with E-state index in [1.165, 1.54) is 17.5 Å². The first-order valence-electron chi connectivity index (χ1n) is 4.74. The van der Waals surface area contributed by atoms with Gasteiger partial charge in [0.25, 0.3) is 5.91 Å². The van der Waals surface area contributed by atoms with Crippen molar-refractivity contribution in [2.75, 3.05) is 0 Å². The standard InChI is InChI=1S/C11H8ClN3OS/c12-10-4-3-9(17-10)7-14-15-11(16)8-2-1-5-13-6-8/h1-7H,(H,15,16)/b14-7+. The third-order valence-electron chi connectivity index (χ3n) is 1.88. The number of amides is 1. The summed E-state index contributed by atoms with van der Waals surface area (Å²) < 4.78 is 0.685. The van der Waals surface area contributed by atoms with Crippen LogP contribution in [0.3, 0.4) is 0 Å². The van der Waals surface area contributed by atoms with Crippen molar-refractivity contribution in [3.63, 3.8) is 0 Å². The van der Waals surface area contributed by atoms with Crippen LogP contribution >= 0.6 is 22.9 Å². The lowest BCUT2D eigenvalue weighted by molar-refractivity contribution is 0.0955. The molecule has 4 nitrogen and oxygen atoms in total. The number of carbonyl (C=O) groups excluding carboxylic acids is 1. The monoisotopic (exact) mass is 265 g/mol. The van der Waals surface area contributed by atoms with Crippen LogP contribution in [0.4, 0.5) is 0 Å². The lowest BCUT2D eigenvalue weighted by atomic mass is 10.3. The van der Waals surface area contributed by atoms with Crippen LogP contribution in [0.25, 0.3) is 0 Å². The topological polar surface area (TPSA) is 54.4 Å². The number of aromatic nitrogens is 1. The fraction of sp³-hybridized carbons (Fsp3) is 0. The van der Waals surface area contributed by atoms with Crippen LogP contribution in [0.15, 0.2) is 41.8 Å². The summed E-state index contributed by atoms with van der Waals surface area (Å²) in [4.78, 5) is 16.3. The number of hydrazone groups is 1. The SMILES string of the molecule is O=C(N/N=C/c1ccc(Cl)s1)c1cccnc1. The van der Waals surface area contributed by atoms with Gasteiger partial charge in [0.05, 0.1) is 16.1 Å². The van der Waals surface area contributed by atoms with Gasteiger partial charge in [0, 0.05) is 17.3 Å². The van der Waals surface area contributed by atoms with Gasteiger partial charge < -0.3 is 0 Å². The summed E-state index contributed by atoms with van der Waals surface area (Å²) in [5.74, 6) is -0.294. The van der Waals surface area contributed by atoms with E-state index in [4.69, 9.17) is 11.6 Å². The summed E-state index contributed by atoms with van der Waals surface area (Å²) in [6.45, 7) is 0. The van der Waals surface area contributed by atoms with Crippen molar-refractivity contribution in [1.82, 2.24) is 10.4 Å². The van der Waals surface area contributed by atoms with Gasteiger partial charge in [-0.05, 0) is 24.3 Å². The number of nitrogens with zero attached hydrogens (tertiary/aromatic N) is 2. The van der Waals surface area contributed by atoms with Gasteiger partial charge in [-0.3, -0.25) is 9.78 Å². The molecular formula is C11H8ClN3OS. The number of carbonyl (C=O) groups is 1. The minimum absolute atomic E-state index is 0.294. The van der Waals surface area contributed by atoms with Crippen LogP contribution in [0, 0.1) is 0 Å². The highest BCUT2D eigenvalue weighted by molar-refractivity contribution is 7.17. The summed E-state index contributed by atoms with van der Waals surface area (Å²) in [5.41, 5.74) is 2.88. The third-order valence-corrected chi connectivity index (χ3v) is 3.04. The third kappa shape index (κ3) is 3.37. The average Bonchev–Trinajstić information content (AvgIpc) is 2.76. The van der Waals surface area contributed by atoms with Crippen LogP contribution in [-0.2, 0) is 0 Å². The summed E-state index contributed by atoms with van der Waals surface area (Å²) in [7, 11) is 0. The van der Waals surface area contributed by atoms with Gasteiger partial charge >= 0.3 is 0 Å². The average molecular weight is 266 g/mol. The molecule has 0 saturated heterocycles. The molecule has 0 atom stereocenters. The molecule has 1 N–H and O–H groups in total. The molecule has 17 heavy (non-hydrogen) atoms. The van der Waals surface area contributed by atoms with Gasteiger partial charge in [-0.25, -0.2) is 5.43 Å². The quantitative estimate of drug-likeness (QED) is 0.685. The molecule has 0 fully saturated rings.